The highest BCUT2D eigenvalue weighted by molar-refractivity contribution is 5.95. The number of piperidine rings is 1. The first-order valence-electron chi connectivity index (χ1n) is 14.0. The van der Waals surface area contributed by atoms with Crippen molar-refractivity contribution < 1.29 is 19.0 Å². The van der Waals surface area contributed by atoms with Crippen molar-refractivity contribution in [2.24, 2.45) is 0 Å². The van der Waals surface area contributed by atoms with Gasteiger partial charge >= 0.3 is 0 Å². The molecule has 2 atom stereocenters. The third-order valence-corrected chi connectivity index (χ3v) is 7.57. The SMILES string of the molecule is COc1ccccc1COCCCOc1ccc(C2CCNCC2NC(=O)c2ccc3c(c2)NCCC3)cc1. The topological polar surface area (TPSA) is 80.8 Å². The fraction of sp³-hybridized carbons (Fsp3) is 0.406. The predicted octanol–water partition coefficient (Wildman–Crippen LogP) is 4.91. The number of para-hydroxylation sites is 1. The molecule has 2 aliphatic heterocycles. The summed E-state index contributed by atoms with van der Waals surface area (Å²) >= 11 is 0. The lowest BCUT2D eigenvalue weighted by Gasteiger charge is -2.33. The van der Waals surface area contributed by atoms with E-state index in [-0.39, 0.29) is 17.9 Å². The van der Waals surface area contributed by atoms with Gasteiger partial charge in [0.15, 0.2) is 0 Å². The maximum Gasteiger partial charge on any atom is 0.251 e. The highest BCUT2D eigenvalue weighted by Crippen LogP contribution is 2.28. The van der Waals surface area contributed by atoms with Crippen molar-refractivity contribution >= 4 is 11.6 Å². The van der Waals surface area contributed by atoms with E-state index < -0.39 is 0 Å². The normalized spacial score (nSPS) is 18.5. The fourth-order valence-corrected chi connectivity index (χ4v) is 5.43. The average molecular weight is 530 g/mol. The van der Waals surface area contributed by atoms with Gasteiger partial charge in [-0.15, -0.1) is 0 Å². The zero-order chi connectivity index (χ0) is 26.9. The third-order valence-electron chi connectivity index (χ3n) is 7.57. The number of amides is 1. The highest BCUT2D eigenvalue weighted by Gasteiger charge is 2.28. The van der Waals surface area contributed by atoms with Crippen LogP contribution in [-0.4, -0.2) is 51.9 Å². The Labute approximate surface area is 231 Å². The molecule has 0 bridgehead atoms. The molecule has 39 heavy (non-hydrogen) atoms. The molecule has 7 heteroatoms. The summed E-state index contributed by atoms with van der Waals surface area (Å²) in [5, 5.41) is 10.2. The molecule has 3 N–H and O–H groups in total. The van der Waals surface area contributed by atoms with E-state index >= 15 is 0 Å². The molecule has 206 valence electrons. The molecule has 2 heterocycles. The van der Waals surface area contributed by atoms with Crippen LogP contribution in [0.2, 0.25) is 0 Å². The van der Waals surface area contributed by atoms with Gasteiger partial charge in [-0.1, -0.05) is 36.4 Å². The molecular weight excluding hydrogens is 490 g/mol. The van der Waals surface area contributed by atoms with E-state index in [0.29, 0.717) is 25.4 Å². The van der Waals surface area contributed by atoms with Crippen molar-refractivity contribution in [1.82, 2.24) is 10.6 Å². The van der Waals surface area contributed by atoms with Crippen molar-refractivity contribution in [3.8, 4) is 11.5 Å². The number of fused-ring (bicyclic) bond motifs is 1. The second-order valence-corrected chi connectivity index (χ2v) is 10.2. The van der Waals surface area contributed by atoms with E-state index in [1.165, 1.54) is 11.1 Å². The minimum absolute atomic E-state index is 0.0169. The molecule has 7 nitrogen and oxygen atoms in total. The zero-order valence-corrected chi connectivity index (χ0v) is 22.7. The van der Waals surface area contributed by atoms with Gasteiger partial charge in [0.2, 0.25) is 0 Å². The summed E-state index contributed by atoms with van der Waals surface area (Å²) < 4.78 is 17.1. The number of ether oxygens (including phenoxy) is 3. The average Bonchev–Trinajstić information content (AvgIpc) is 2.99. The van der Waals surface area contributed by atoms with Crippen LogP contribution < -0.4 is 25.4 Å². The summed E-state index contributed by atoms with van der Waals surface area (Å²) in [6, 6.07) is 22.3. The van der Waals surface area contributed by atoms with Crippen LogP contribution in [0.15, 0.2) is 66.7 Å². The van der Waals surface area contributed by atoms with Gasteiger partial charge in [0, 0.05) is 48.3 Å². The Morgan fingerprint density at radius 1 is 1.03 bits per heavy atom. The molecule has 2 unspecified atom stereocenters. The van der Waals surface area contributed by atoms with Crippen LogP contribution in [0.1, 0.15) is 52.2 Å². The van der Waals surface area contributed by atoms with E-state index in [2.05, 4.69) is 34.1 Å². The van der Waals surface area contributed by atoms with Crippen LogP contribution in [-0.2, 0) is 17.8 Å². The van der Waals surface area contributed by atoms with Crippen LogP contribution in [0.5, 0.6) is 11.5 Å². The van der Waals surface area contributed by atoms with Crippen molar-refractivity contribution in [3.05, 3.63) is 89.0 Å². The summed E-state index contributed by atoms with van der Waals surface area (Å²) in [5.41, 5.74) is 5.36. The lowest BCUT2D eigenvalue weighted by atomic mass is 9.86. The fourth-order valence-electron chi connectivity index (χ4n) is 5.43. The molecule has 0 radical (unpaired) electrons. The van der Waals surface area contributed by atoms with Crippen molar-refractivity contribution in [2.75, 3.05) is 45.3 Å². The van der Waals surface area contributed by atoms with Crippen molar-refractivity contribution in [2.45, 2.75) is 44.2 Å². The maximum absolute atomic E-state index is 13.1. The van der Waals surface area contributed by atoms with Gasteiger partial charge < -0.3 is 30.2 Å². The number of anilines is 1. The summed E-state index contributed by atoms with van der Waals surface area (Å²) in [7, 11) is 1.67. The molecule has 3 aromatic carbocycles. The molecular formula is C32H39N3O4. The number of carbonyl (C=O) groups is 1. The summed E-state index contributed by atoms with van der Waals surface area (Å²) in [6.07, 6.45) is 3.98. The molecule has 2 aliphatic rings. The van der Waals surface area contributed by atoms with Crippen molar-refractivity contribution in [3.63, 3.8) is 0 Å². The lowest BCUT2D eigenvalue weighted by Crippen LogP contribution is -2.50. The molecule has 0 spiro atoms. The first kappa shape index (κ1) is 27.0. The van der Waals surface area contributed by atoms with Gasteiger partial charge in [-0.2, -0.15) is 0 Å². The number of hydrogen-bond acceptors (Lipinski definition) is 6. The molecule has 0 aliphatic carbocycles. The second kappa shape index (κ2) is 13.5. The first-order chi connectivity index (χ1) is 19.2. The van der Waals surface area contributed by atoms with Crippen LogP contribution in [0, 0.1) is 0 Å². The van der Waals surface area contributed by atoms with Crippen LogP contribution in [0.3, 0.4) is 0 Å². The van der Waals surface area contributed by atoms with Gasteiger partial charge in [-0.25, -0.2) is 0 Å². The van der Waals surface area contributed by atoms with Crippen molar-refractivity contribution in [1.29, 1.82) is 0 Å². The Morgan fingerprint density at radius 2 is 1.90 bits per heavy atom. The van der Waals surface area contributed by atoms with Gasteiger partial charge in [0.25, 0.3) is 5.91 Å². The summed E-state index contributed by atoms with van der Waals surface area (Å²) in [6.45, 7) is 4.39. The molecule has 5 rings (SSSR count). The Kier molecular flexibility index (Phi) is 9.35. The minimum atomic E-state index is -0.0169. The van der Waals surface area contributed by atoms with E-state index in [4.69, 9.17) is 14.2 Å². The standard InChI is InChI=1S/C32H39N3O4/c1-37-31-8-3-2-6-26(31)22-38-18-5-19-39-27-13-11-23(12-14-27)28-15-17-33-21-30(28)35-32(36)25-10-9-24-7-4-16-34-29(24)20-25/h2-3,6,8-14,20,28,30,33-34H,4-5,7,15-19,21-22H2,1H3,(H,35,36). The Hall–Kier alpha value is -3.55. The van der Waals surface area contributed by atoms with E-state index in [1.54, 1.807) is 7.11 Å². The number of nitrogens with one attached hydrogen (secondary N) is 3. The van der Waals surface area contributed by atoms with Gasteiger partial charge in [0.05, 0.1) is 26.9 Å². The Balaban J connectivity index is 1.09. The Morgan fingerprint density at radius 3 is 2.77 bits per heavy atom. The van der Waals surface area contributed by atoms with E-state index in [9.17, 15) is 4.79 Å². The first-order valence-corrected chi connectivity index (χ1v) is 14.0. The van der Waals surface area contributed by atoms with Gasteiger partial charge in [-0.05, 0) is 67.3 Å². The number of hydrogen-bond donors (Lipinski definition) is 3. The monoisotopic (exact) mass is 529 g/mol. The zero-order valence-electron chi connectivity index (χ0n) is 22.7. The highest BCUT2D eigenvalue weighted by atomic mass is 16.5. The van der Waals surface area contributed by atoms with Crippen LogP contribution in [0.25, 0.3) is 0 Å². The molecule has 1 amide bonds. The molecule has 1 saturated heterocycles. The van der Waals surface area contributed by atoms with Gasteiger partial charge in [0.1, 0.15) is 11.5 Å². The van der Waals surface area contributed by atoms with Crippen LogP contribution >= 0.6 is 0 Å². The number of benzene rings is 3. The second-order valence-electron chi connectivity index (χ2n) is 10.2. The largest absolute Gasteiger partial charge is 0.496 e. The lowest BCUT2D eigenvalue weighted by molar-refractivity contribution is 0.0924. The van der Waals surface area contributed by atoms with E-state index in [1.807, 2.05) is 48.5 Å². The predicted molar refractivity (Wildman–Crippen MR) is 154 cm³/mol. The smallest absolute Gasteiger partial charge is 0.251 e. The summed E-state index contributed by atoms with van der Waals surface area (Å²) in [4.78, 5) is 13.1. The maximum atomic E-state index is 13.1. The summed E-state index contributed by atoms with van der Waals surface area (Å²) in [5.74, 6) is 1.93. The quantitative estimate of drug-likeness (QED) is 0.306. The molecule has 0 saturated carbocycles. The third kappa shape index (κ3) is 7.11. The van der Waals surface area contributed by atoms with E-state index in [0.717, 1.165) is 68.1 Å². The number of aryl methyl sites for hydroxylation is 1. The number of rotatable bonds is 11. The molecule has 0 aromatic heterocycles. The molecule has 3 aromatic rings. The Bertz CT molecular complexity index is 1230. The number of carbonyl (C=O) groups excluding carboxylic acids is 1. The number of methoxy groups -OCH3 is 1. The minimum Gasteiger partial charge on any atom is -0.496 e. The molecule has 1 fully saturated rings. The van der Waals surface area contributed by atoms with Gasteiger partial charge in [-0.3, -0.25) is 4.79 Å². The van der Waals surface area contributed by atoms with Crippen LogP contribution in [0.4, 0.5) is 5.69 Å².